The van der Waals surface area contributed by atoms with Gasteiger partial charge in [-0.15, -0.1) is 0 Å². The molecule has 4 rings (SSSR count). The van der Waals surface area contributed by atoms with Gasteiger partial charge in [-0.05, 0) is 56.7 Å². The lowest BCUT2D eigenvalue weighted by atomic mass is 9.99. The fourth-order valence-corrected chi connectivity index (χ4v) is 4.04. The maximum Gasteiger partial charge on any atom is 0.254 e. The van der Waals surface area contributed by atoms with Crippen molar-refractivity contribution >= 4 is 22.6 Å². The molecule has 1 aliphatic heterocycles. The summed E-state index contributed by atoms with van der Waals surface area (Å²) in [5.41, 5.74) is 10.6. The molecule has 2 N–H and O–H groups in total. The standard InChI is InChI=1S/C23H23N5O2/c1-4-28(13(2)19-7-5-15(10-24)11-26-19)23(29)16-6-8-20-17(9-16)18-12-30-14(3)21(18)22(25)27-20/h5-9,11,13-14H,4,12H2,1-3H3,(H2,25,27)/t13-,14-/m1/s1. The fraction of sp³-hybridized carbons (Fsp3) is 0.304. The van der Waals surface area contributed by atoms with E-state index in [2.05, 4.69) is 16.0 Å². The Balaban J connectivity index is 1.70. The van der Waals surface area contributed by atoms with Crippen LogP contribution in [0.4, 0.5) is 5.82 Å². The molecule has 0 radical (unpaired) electrons. The Morgan fingerprint density at radius 2 is 2.20 bits per heavy atom. The van der Waals surface area contributed by atoms with Gasteiger partial charge < -0.3 is 15.4 Å². The van der Waals surface area contributed by atoms with E-state index in [9.17, 15) is 4.79 Å². The molecule has 0 fully saturated rings. The van der Waals surface area contributed by atoms with Crippen LogP contribution in [0.25, 0.3) is 10.9 Å². The van der Waals surface area contributed by atoms with Crippen molar-refractivity contribution in [3.63, 3.8) is 0 Å². The first kappa shape index (κ1) is 19.8. The molecule has 3 aromatic rings. The summed E-state index contributed by atoms with van der Waals surface area (Å²) in [6, 6.07) is 10.8. The molecule has 0 unspecified atom stereocenters. The number of rotatable bonds is 4. The second-order valence-corrected chi connectivity index (χ2v) is 7.43. The van der Waals surface area contributed by atoms with Crippen LogP contribution >= 0.6 is 0 Å². The van der Waals surface area contributed by atoms with Crippen LogP contribution in [0.1, 0.15) is 65.7 Å². The zero-order valence-electron chi connectivity index (χ0n) is 17.2. The molecular weight excluding hydrogens is 378 g/mol. The second kappa shape index (κ2) is 7.73. The minimum absolute atomic E-state index is 0.0874. The van der Waals surface area contributed by atoms with Gasteiger partial charge in [0.2, 0.25) is 0 Å². The highest BCUT2D eigenvalue weighted by Crippen LogP contribution is 2.38. The number of amides is 1. The van der Waals surface area contributed by atoms with Crippen molar-refractivity contribution in [1.82, 2.24) is 14.9 Å². The van der Waals surface area contributed by atoms with Gasteiger partial charge in [0.15, 0.2) is 0 Å². The predicted molar refractivity (Wildman–Crippen MR) is 113 cm³/mol. The van der Waals surface area contributed by atoms with Crippen molar-refractivity contribution in [2.45, 2.75) is 39.5 Å². The van der Waals surface area contributed by atoms with Crippen LogP contribution in [0.2, 0.25) is 0 Å². The summed E-state index contributed by atoms with van der Waals surface area (Å²) >= 11 is 0. The van der Waals surface area contributed by atoms with Gasteiger partial charge in [0.25, 0.3) is 5.91 Å². The van der Waals surface area contributed by atoms with E-state index >= 15 is 0 Å². The molecule has 1 aromatic carbocycles. The number of nitrogens with two attached hydrogens (primary N) is 1. The molecule has 3 heterocycles. The van der Waals surface area contributed by atoms with E-state index in [1.807, 2.05) is 32.9 Å². The van der Waals surface area contributed by atoms with Gasteiger partial charge in [0.05, 0.1) is 35.5 Å². The number of hydrogen-bond acceptors (Lipinski definition) is 6. The molecule has 0 spiro atoms. The van der Waals surface area contributed by atoms with Crippen LogP contribution in [0.3, 0.4) is 0 Å². The smallest absolute Gasteiger partial charge is 0.254 e. The molecule has 152 valence electrons. The SMILES string of the molecule is CCN(C(=O)c1ccc2nc(N)c3c(c2c1)CO[C@@H]3C)[C@H](C)c1ccc(C#N)cn1. The highest BCUT2D eigenvalue weighted by atomic mass is 16.5. The summed E-state index contributed by atoms with van der Waals surface area (Å²) in [6.07, 6.45) is 1.42. The number of nitriles is 1. The van der Waals surface area contributed by atoms with E-state index in [1.165, 1.54) is 6.20 Å². The van der Waals surface area contributed by atoms with Gasteiger partial charge in [-0.2, -0.15) is 5.26 Å². The number of nitrogens with zero attached hydrogens (tertiary/aromatic N) is 4. The van der Waals surface area contributed by atoms with Crippen LogP contribution in [0.15, 0.2) is 36.5 Å². The van der Waals surface area contributed by atoms with Gasteiger partial charge in [-0.25, -0.2) is 4.98 Å². The highest BCUT2D eigenvalue weighted by molar-refractivity contribution is 5.99. The van der Waals surface area contributed by atoms with Crippen molar-refractivity contribution in [2.24, 2.45) is 0 Å². The Labute approximate surface area is 175 Å². The fourth-order valence-electron chi connectivity index (χ4n) is 4.04. The third-order valence-electron chi connectivity index (χ3n) is 5.71. The number of ether oxygens (including phenoxy) is 1. The van der Waals surface area contributed by atoms with E-state index in [4.69, 9.17) is 15.7 Å². The summed E-state index contributed by atoms with van der Waals surface area (Å²) in [5.74, 6) is 0.396. The lowest BCUT2D eigenvalue weighted by molar-refractivity contribution is 0.0699. The lowest BCUT2D eigenvalue weighted by Gasteiger charge is -2.28. The van der Waals surface area contributed by atoms with Crippen LogP contribution in [-0.4, -0.2) is 27.3 Å². The molecular formula is C23H23N5O2. The molecule has 1 aliphatic rings. The van der Waals surface area contributed by atoms with Crippen LogP contribution in [0, 0.1) is 11.3 Å². The molecule has 0 saturated carbocycles. The zero-order valence-corrected chi connectivity index (χ0v) is 17.2. The first-order valence-electron chi connectivity index (χ1n) is 9.95. The Hall–Kier alpha value is -3.50. The molecule has 7 heteroatoms. The molecule has 0 saturated heterocycles. The van der Waals surface area contributed by atoms with Crippen molar-refractivity contribution in [2.75, 3.05) is 12.3 Å². The van der Waals surface area contributed by atoms with Crippen LogP contribution < -0.4 is 5.73 Å². The van der Waals surface area contributed by atoms with Gasteiger partial charge in [0, 0.05) is 29.3 Å². The summed E-state index contributed by atoms with van der Waals surface area (Å²) < 4.78 is 5.75. The molecule has 2 aromatic heterocycles. The second-order valence-electron chi connectivity index (χ2n) is 7.43. The maximum absolute atomic E-state index is 13.4. The van der Waals surface area contributed by atoms with E-state index < -0.39 is 0 Å². The monoisotopic (exact) mass is 401 g/mol. The number of anilines is 1. The third kappa shape index (κ3) is 3.25. The Morgan fingerprint density at radius 1 is 1.40 bits per heavy atom. The van der Waals surface area contributed by atoms with Crippen molar-refractivity contribution in [3.05, 3.63) is 64.5 Å². The number of hydrogen-bond donors (Lipinski definition) is 1. The molecule has 0 aliphatic carbocycles. The minimum atomic E-state index is -0.232. The number of aromatic nitrogens is 2. The molecule has 7 nitrogen and oxygen atoms in total. The number of benzene rings is 1. The largest absolute Gasteiger partial charge is 0.383 e. The van der Waals surface area contributed by atoms with Crippen molar-refractivity contribution < 1.29 is 9.53 Å². The van der Waals surface area contributed by atoms with Gasteiger partial charge in [0.1, 0.15) is 11.9 Å². The van der Waals surface area contributed by atoms with Crippen molar-refractivity contribution in [1.29, 1.82) is 5.26 Å². The predicted octanol–water partition coefficient (Wildman–Crippen LogP) is 3.90. The molecule has 1 amide bonds. The molecule has 0 bridgehead atoms. The first-order valence-corrected chi connectivity index (χ1v) is 9.95. The Morgan fingerprint density at radius 3 is 2.87 bits per heavy atom. The quantitative estimate of drug-likeness (QED) is 0.711. The number of carbonyl (C=O) groups is 1. The van der Waals surface area contributed by atoms with E-state index in [0.717, 1.165) is 27.7 Å². The maximum atomic E-state index is 13.4. The average Bonchev–Trinajstić information content (AvgIpc) is 3.16. The van der Waals surface area contributed by atoms with Gasteiger partial charge in [-0.1, -0.05) is 0 Å². The zero-order chi connectivity index (χ0) is 21.4. The van der Waals surface area contributed by atoms with E-state index in [0.29, 0.717) is 30.1 Å². The topological polar surface area (TPSA) is 105 Å². The average molecular weight is 401 g/mol. The normalized spacial score (nSPS) is 16.1. The molecule has 2 atom stereocenters. The van der Waals surface area contributed by atoms with Crippen molar-refractivity contribution in [3.8, 4) is 6.07 Å². The number of carbonyl (C=O) groups excluding carboxylic acids is 1. The van der Waals surface area contributed by atoms with Gasteiger partial charge in [-0.3, -0.25) is 9.78 Å². The summed E-state index contributed by atoms with van der Waals surface area (Å²) in [4.78, 5) is 24.0. The first-order chi connectivity index (χ1) is 14.4. The Kier molecular flexibility index (Phi) is 5.10. The highest BCUT2D eigenvalue weighted by Gasteiger charge is 2.27. The van der Waals surface area contributed by atoms with Gasteiger partial charge >= 0.3 is 0 Å². The number of nitrogen functional groups attached to an aromatic ring is 1. The van der Waals surface area contributed by atoms with E-state index in [-0.39, 0.29) is 18.1 Å². The lowest BCUT2D eigenvalue weighted by Crippen LogP contribution is -2.33. The van der Waals surface area contributed by atoms with Crippen LogP contribution in [0.5, 0.6) is 0 Å². The van der Waals surface area contributed by atoms with Crippen LogP contribution in [-0.2, 0) is 11.3 Å². The summed E-state index contributed by atoms with van der Waals surface area (Å²) in [7, 11) is 0. The Bertz CT molecular complexity index is 1170. The summed E-state index contributed by atoms with van der Waals surface area (Å²) in [5, 5.41) is 9.87. The molecule has 30 heavy (non-hydrogen) atoms. The number of fused-ring (bicyclic) bond motifs is 3. The minimum Gasteiger partial charge on any atom is -0.383 e. The van der Waals surface area contributed by atoms with E-state index in [1.54, 1.807) is 23.1 Å². The summed E-state index contributed by atoms with van der Waals surface area (Å²) in [6.45, 7) is 6.81. The third-order valence-corrected chi connectivity index (χ3v) is 5.71. The number of pyridine rings is 2.